The Kier molecular flexibility index (Phi) is 5.47. The number of nitrogens with zero attached hydrogens (tertiary/aromatic N) is 3. The Morgan fingerprint density at radius 2 is 2.27 bits per heavy atom. The maximum absolute atomic E-state index is 11.5. The molecule has 0 bridgehead atoms. The van der Waals surface area contributed by atoms with Crippen LogP contribution in [0.3, 0.4) is 0 Å². The molecule has 0 radical (unpaired) electrons. The molecule has 1 aliphatic heterocycles. The zero-order chi connectivity index (χ0) is 20.9. The fourth-order valence-electron chi connectivity index (χ4n) is 3.10. The summed E-state index contributed by atoms with van der Waals surface area (Å²) >= 11 is 11.9. The van der Waals surface area contributed by atoms with Crippen molar-refractivity contribution in [1.29, 1.82) is 2.67 Å². The second kappa shape index (κ2) is 7.84. The Morgan fingerprint density at radius 3 is 2.92 bits per heavy atom. The van der Waals surface area contributed by atoms with Crippen LogP contribution in [-0.2, 0) is 18.7 Å². The Hall–Kier alpha value is 0.0899. The van der Waals surface area contributed by atoms with Crippen LogP contribution in [0.5, 0.6) is 0 Å². The quantitative estimate of drug-likeness (QED) is 0.253. The average Bonchev–Trinajstić information content (AvgIpc) is 3.02. The highest BCUT2D eigenvalue weighted by molar-refractivity contribution is 14.1. The average molecular weight is 558 g/mol. The van der Waals surface area contributed by atoms with Gasteiger partial charge in [-0.15, -0.1) is 0 Å². The normalized spacial score (nSPS) is 32.6. The van der Waals surface area contributed by atoms with E-state index < -0.39 is 37.3 Å². The molecule has 1 N–H and O–H groups in total. The third-order valence-electron chi connectivity index (χ3n) is 4.33. The lowest BCUT2D eigenvalue weighted by molar-refractivity contribution is -0.114. The second-order valence-electron chi connectivity index (χ2n) is 5.94. The lowest BCUT2D eigenvalue weighted by Gasteiger charge is -2.37. The summed E-state index contributed by atoms with van der Waals surface area (Å²) in [6.07, 6.45) is 1.44. The van der Waals surface area contributed by atoms with Gasteiger partial charge in [-0.3, -0.25) is 4.57 Å². The second-order valence-corrected chi connectivity index (χ2v) is 8.53. The van der Waals surface area contributed by atoms with Gasteiger partial charge in [0.05, 0.1) is 12.0 Å². The number of halogens is 3. The topological polar surface area (TPSA) is 78.6 Å². The molecule has 1 unspecified atom stereocenters. The summed E-state index contributed by atoms with van der Waals surface area (Å²) in [5.41, 5.74) is -1.15. The van der Waals surface area contributed by atoms with E-state index in [1.54, 1.807) is 31.3 Å². The molecule has 0 spiro atoms. The lowest BCUT2D eigenvalue weighted by atomic mass is 9.93. The van der Waals surface area contributed by atoms with Crippen LogP contribution < -0.4 is 0 Å². The smallest absolute Gasteiger partial charge is 0.272 e. The van der Waals surface area contributed by atoms with E-state index in [0.29, 0.717) is 11.0 Å². The van der Waals surface area contributed by atoms with Crippen molar-refractivity contribution in [3.63, 3.8) is 0 Å². The van der Waals surface area contributed by atoms with Gasteiger partial charge < -0.3 is 19.2 Å². The molecule has 2 aromatic rings. The third-order valence-corrected chi connectivity index (χ3v) is 6.81. The molecule has 26 heavy (non-hydrogen) atoms. The van der Waals surface area contributed by atoms with Crippen molar-refractivity contribution in [2.45, 2.75) is 43.0 Å². The molecule has 1 fully saturated rings. The number of hydrogen-bond donors (Lipinski definition) is 1. The van der Waals surface area contributed by atoms with Gasteiger partial charge in [0.15, 0.2) is 0 Å². The fraction of sp³-hybridized carbons (Fsp3) is 0.571. The minimum absolute atomic E-state index is 0.0115. The van der Waals surface area contributed by atoms with Gasteiger partial charge in [-0.1, -0.05) is 25.2 Å². The summed E-state index contributed by atoms with van der Waals surface area (Å²) in [6.45, 7) is 4.70. The summed E-state index contributed by atoms with van der Waals surface area (Å²) in [5.74, 6) is 0. The molecule has 2 aromatic heterocycles. The first-order valence-electron chi connectivity index (χ1n) is 9.02. The van der Waals surface area contributed by atoms with E-state index in [4.69, 9.17) is 28.3 Å². The van der Waals surface area contributed by atoms with Gasteiger partial charge in [-0.2, -0.15) is 0 Å². The number of hydrogen-bond acceptors (Lipinski definition) is 6. The maximum Gasteiger partial charge on any atom is 0.272 e. The van der Waals surface area contributed by atoms with Gasteiger partial charge in [0.2, 0.25) is 4.63 Å². The number of rotatable bonds is 6. The number of fused-ring (bicyclic) bond motifs is 1. The van der Waals surface area contributed by atoms with Crippen LogP contribution in [0, 0.1) is 3.57 Å². The number of aromatic nitrogens is 3. The molecular weight excluding hydrogens is 538 g/mol. The maximum atomic E-state index is 11.5. The molecule has 0 amide bonds. The van der Waals surface area contributed by atoms with Crippen LogP contribution in [0.1, 0.15) is 6.92 Å². The van der Waals surface area contributed by atoms with Gasteiger partial charge in [0.1, 0.15) is 34.9 Å². The van der Waals surface area contributed by atoms with Gasteiger partial charge in [-0.25, -0.2) is 9.97 Å². The van der Waals surface area contributed by atoms with Gasteiger partial charge in [0.25, 0.3) is 14.9 Å². The predicted octanol–water partition coefficient (Wildman–Crippen LogP) is 2.05. The Labute approximate surface area is 182 Å². The molecular formula is C14H18B2BrClIN3O4. The zero-order valence-corrected chi connectivity index (χ0v) is 18.8. The van der Waals surface area contributed by atoms with Crippen molar-refractivity contribution in [1.82, 2.24) is 14.5 Å². The molecule has 4 atom stereocenters. The molecule has 0 saturated carbocycles. The minimum Gasteiger partial charge on any atom is -0.437 e. The molecule has 140 valence electrons. The molecule has 3 heterocycles. The lowest BCUT2D eigenvalue weighted by Crippen LogP contribution is -2.53. The molecule has 12 heteroatoms. The number of aliphatic hydroxyl groups is 1. The molecule has 0 aromatic carbocycles. The first-order valence-corrected chi connectivity index (χ1v) is 10.1. The van der Waals surface area contributed by atoms with E-state index in [1.165, 1.54) is 6.33 Å². The van der Waals surface area contributed by atoms with Crippen molar-refractivity contribution >= 4 is 76.0 Å². The van der Waals surface area contributed by atoms with E-state index in [0.717, 1.165) is 3.57 Å². The molecule has 1 saturated heterocycles. The van der Waals surface area contributed by atoms with Crippen molar-refractivity contribution in [3.8, 4) is 0 Å². The summed E-state index contributed by atoms with van der Waals surface area (Å²) in [5, 5.41) is 12.4. The van der Waals surface area contributed by atoms with E-state index >= 15 is 0 Å². The van der Waals surface area contributed by atoms with Gasteiger partial charge >= 0.3 is 0 Å². The Bertz CT molecular complexity index is 880. The molecule has 0 aliphatic carbocycles. The molecule has 3 rings (SSSR count). The van der Waals surface area contributed by atoms with E-state index in [1.807, 2.05) is 0 Å². The first kappa shape index (κ1) is 18.1. The molecule has 1 aliphatic rings. The van der Waals surface area contributed by atoms with Crippen molar-refractivity contribution in [2.24, 2.45) is 0 Å². The number of alkyl halides is 1. The SMILES string of the molecule is [2H]B(C)OC[C@H]1O[C@@](Br)(n2cc(I)c3c(Cl)ncnc32)C(C)(O)[C@@H]1OB([2H])C. The predicted molar refractivity (Wildman–Crippen MR) is 115 cm³/mol. The largest absolute Gasteiger partial charge is 0.437 e. The molecule has 7 nitrogen and oxygen atoms in total. The van der Waals surface area contributed by atoms with Gasteiger partial charge in [-0.05, 0) is 45.4 Å². The monoisotopic (exact) mass is 557 g/mol. The zero-order valence-electron chi connectivity index (χ0n) is 16.3. The van der Waals surface area contributed by atoms with Crippen LogP contribution in [0.4, 0.5) is 0 Å². The summed E-state index contributed by atoms with van der Waals surface area (Å²) < 4.78 is 33.6. The van der Waals surface area contributed by atoms with Crippen LogP contribution in [0.15, 0.2) is 12.5 Å². The first-order chi connectivity index (χ1) is 13.0. The highest BCUT2D eigenvalue weighted by Crippen LogP contribution is 2.51. The van der Waals surface area contributed by atoms with Crippen LogP contribution in [0.25, 0.3) is 11.0 Å². The van der Waals surface area contributed by atoms with E-state index in [9.17, 15) is 5.11 Å². The third kappa shape index (κ3) is 3.23. The highest BCUT2D eigenvalue weighted by atomic mass is 127. The number of ether oxygens (including phenoxy) is 1. The van der Waals surface area contributed by atoms with Crippen molar-refractivity contribution in [2.75, 3.05) is 6.61 Å². The highest BCUT2D eigenvalue weighted by Gasteiger charge is 2.63. The van der Waals surface area contributed by atoms with E-state index in [-0.39, 0.29) is 11.8 Å². The Morgan fingerprint density at radius 1 is 1.54 bits per heavy atom. The summed E-state index contributed by atoms with van der Waals surface area (Å²) in [7, 11) is -1.67. The summed E-state index contributed by atoms with van der Waals surface area (Å²) in [4.78, 5) is 8.32. The Balaban J connectivity index is 2.10. The van der Waals surface area contributed by atoms with Gasteiger partial charge in [0, 0.05) is 12.4 Å². The standard InChI is InChI=1S/C14H18B2BrClIN3O4/c1-13(23)10(26-16-3)8(5-24-15-2)25-14(13,17)22-4-7(19)9-11(18)20-6-21-12(9)22/h4,6,8,10,15-16,23H,5H2,1-3H3/t8-,10-,13?,14+/m1/s1/i15D,16D. The van der Waals surface area contributed by atoms with Crippen LogP contribution in [0.2, 0.25) is 18.8 Å². The van der Waals surface area contributed by atoms with Crippen LogP contribution in [-0.4, -0.2) is 61.6 Å². The van der Waals surface area contributed by atoms with Crippen LogP contribution >= 0.6 is 50.1 Å². The fourth-order valence-corrected chi connectivity index (χ4v) is 5.00. The van der Waals surface area contributed by atoms with Crippen molar-refractivity contribution in [3.05, 3.63) is 21.2 Å². The minimum atomic E-state index is -1.62. The summed E-state index contributed by atoms with van der Waals surface area (Å²) in [6, 6.07) is 0. The van der Waals surface area contributed by atoms with E-state index in [2.05, 4.69) is 48.5 Å². The van der Waals surface area contributed by atoms with Crippen molar-refractivity contribution < 1.29 is 19.2 Å².